The molecule has 2 N–H and O–H groups in total. The number of carboxylic acid groups (broad SMARTS) is 1. The van der Waals surface area contributed by atoms with E-state index in [0.717, 1.165) is 10.5 Å². The van der Waals surface area contributed by atoms with Crippen molar-refractivity contribution in [1.29, 1.82) is 0 Å². The zero-order valence-corrected chi connectivity index (χ0v) is 11.9. The Morgan fingerprint density at radius 1 is 1.18 bits per heavy atom. The molecular weight excluding hydrogens is 287 g/mol. The average Bonchev–Trinajstić information content (AvgIpc) is 2.50. The first-order valence-electron chi connectivity index (χ1n) is 6.56. The van der Waals surface area contributed by atoms with Crippen molar-refractivity contribution in [2.24, 2.45) is 0 Å². The number of hydrogen-bond donors (Lipinski definition) is 2. The van der Waals surface area contributed by atoms with Crippen LogP contribution < -0.4 is 10.2 Å². The molecule has 0 atom stereocenters. The van der Waals surface area contributed by atoms with E-state index >= 15 is 0 Å². The molecule has 0 saturated heterocycles. The van der Waals surface area contributed by atoms with Crippen molar-refractivity contribution < 1.29 is 19.1 Å². The van der Waals surface area contributed by atoms with Crippen LogP contribution in [-0.4, -0.2) is 23.9 Å². The Morgan fingerprint density at radius 3 is 2.45 bits per heavy atom. The molecule has 0 aliphatic rings. The van der Waals surface area contributed by atoms with E-state index in [1.807, 2.05) is 0 Å². The lowest BCUT2D eigenvalue weighted by atomic mass is 10.1. The van der Waals surface area contributed by atoms with Gasteiger partial charge in [-0.2, -0.15) is 0 Å². The molecule has 0 unspecified atom stereocenters. The van der Waals surface area contributed by atoms with Crippen molar-refractivity contribution in [1.82, 2.24) is 0 Å². The standard InChI is InChI=1S/C16H15FN2O3/c1-11-7-8-14(13(9-11)15(20)21)18-16(22)19(10-17)12-5-3-2-4-6-12/h2-9H,10H2,1H3,(H,18,22)(H,20,21). The molecule has 0 saturated carbocycles. The van der Waals surface area contributed by atoms with Gasteiger partial charge in [0.25, 0.3) is 0 Å². The Hall–Kier alpha value is -2.89. The van der Waals surface area contributed by atoms with E-state index in [0.29, 0.717) is 5.69 Å². The molecule has 0 aliphatic carbocycles. The van der Waals surface area contributed by atoms with Crippen molar-refractivity contribution in [3.8, 4) is 0 Å². The molecule has 0 aromatic heterocycles. The molecule has 114 valence electrons. The monoisotopic (exact) mass is 302 g/mol. The molecular formula is C16H15FN2O3. The summed E-state index contributed by atoms with van der Waals surface area (Å²) in [4.78, 5) is 24.3. The molecule has 2 aromatic carbocycles. The molecule has 0 aliphatic heterocycles. The number of nitrogens with one attached hydrogen (secondary N) is 1. The van der Waals surface area contributed by atoms with Crippen LogP contribution in [0.3, 0.4) is 0 Å². The first-order valence-corrected chi connectivity index (χ1v) is 6.56. The van der Waals surface area contributed by atoms with Crippen LogP contribution in [0.25, 0.3) is 0 Å². The summed E-state index contributed by atoms with van der Waals surface area (Å²) in [5, 5.41) is 11.6. The quantitative estimate of drug-likeness (QED) is 0.847. The number of carbonyl (C=O) groups is 2. The highest BCUT2D eigenvalue weighted by molar-refractivity contribution is 6.05. The first kappa shape index (κ1) is 15.5. The van der Waals surface area contributed by atoms with Crippen molar-refractivity contribution in [3.63, 3.8) is 0 Å². The zero-order chi connectivity index (χ0) is 16.1. The maximum absolute atomic E-state index is 13.2. The Labute approximate surface area is 127 Å². The summed E-state index contributed by atoms with van der Waals surface area (Å²) >= 11 is 0. The summed E-state index contributed by atoms with van der Waals surface area (Å²) < 4.78 is 13.2. The Balaban J connectivity index is 2.26. The minimum absolute atomic E-state index is 0.0415. The van der Waals surface area contributed by atoms with Gasteiger partial charge in [0, 0.05) is 5.69 Å². The molecule has 22 heavy (non-hydrogen) atoms. The van der Waals surface area contributed by atoms with Crippen molar-refractivity contribution >= 4 is 23.4 Å². The van der Waals surface area contributed by atoms with Crippen LogP contribution in [0.15, 0.2) is 48.5 Å². The van der Waals surface area contributed by atoms with Gasteiger partial charge in [-0.1, -0.05) is 29.8 Å². The van der Waals surface area contributed by atoms with Gasteiger partial charge in [0.1, 0.15) is 0 Å². The second kappa shape index (κ2) is 6.71. The van der Waals surface area contributed by atoms with Gasteiger partial charge in [-0.25, -0.2) is 14.0 Å². The fourth-order valence-corrected chi connectivity index (χ4v) is 1.98. The van der Waals surface area contributed by atoms with Gasteiger partial charge in [0.05, 0.1) is 11.3 Å². The lowest BCUT2D eigenvalue weighted by molar-refractivity contribution is 0.0698. The van der Waals surface area contributed by atoms with Crippen LogP contribution in [0.1, 0.15) is 15.9 Å². The van der Waals surface area contributed by atoms with Gasteiger partial charge >= 0.3 is 12.0 Å². The van der Waals surface area contributed by atoms with E-state index in [-0.39, 0.29) is 11.3 Å². The number of anilines is 2. The number of benzene rings is 2. The minimum atomic E-state index is -1.16. The molecule has 5 nitrogen and oxygen atoms in total. The number of nitrogens with zero attached hydrogens (tertiary/aromatic N) is 1. The number of halogens is 1. The number of aryl methyl sites for hydroxylation is 1. The molecule has 2 amide bonds. The molecule has 0 spiro atoms. The predicted molar refractivity (Wildman–Crippen MR) is 82.1 cm³/mol. The van der Waals surface area contributed by atoms with E-state index in [1.54, 1.807) is 43.3 Å². The van der Waals surface area contributed by atoms with Crippen molar-refractivity contribution in [2.75, 3.05) is 17.0 Å². The fraction of sp³-hybridized carbons (Fsp3) is 0.125. The summed E-state index contributed by atoms with van der Waals surface area (Å²) in [5.41, 5.74) is 1.21. The van der Waals surface area contributed by atoms with Crippen LogP contribution in [0.4, 0.5) is 20.6 Å². The Kier molecular flexibility index (Phi) is 4.73. The summed E-state index contributed by atoms with van der Waals surface area (Å²) in [5.74, 6) is -1.16. The summed E-state index contributed by atoms with van der Waals surface area (Å²) in [7, 11) is 0. The molecule has 2 aromatic rings. The maximum Gasteiger partial charge on any atom is 0.337 e. The maximum atomic E-state index is 13.2. The lowest BCUT2D eigenvalue weighted by Crippen LogP contribution is -2.34. The van der Waals surface area contributed by atoms with E-state index in [2.05, 4.69) is 5.32 Å². The van der Waals surface area contributed by atoms with Gasteiger partial charge in [-0.3, -0.25) is 4.90 Å². The zero-order valence-electron chi connectivity index (χ0n) is 11.9. The van der Waals surface area contributed by atoms with Crippen molar-refractivity contribution in [3.05, 3.63) is 59.7 Å². The summed E-state index contributed by atoms with van der Waals surface area (Å²) in [6.07, 6.45) is 0. The normalized spacial score (nSPS) is 10.1. The van der Waals surface area contributed by atoms with Gasteiger partial charge in [0.15, 0.2) is 6.80 Å². The predicted octanol–water partition coefficient (Wildman–Crippen LogP) is 3.66. The van der Waals surface area contributed by atoms with E-state index in [1.165, 1.54) is 12.1 Å². The van der Waals surface area contributed by atoms with Gasteiger partial charge in [-0.05, 0) is 31.2 Å². The molecule has 0 heterocycles. The van der Waals surface area contributed by atoms with E-state index in [4.69, 9.17) is 0 Å². The highest BCUT2D eigenvalue weighted by Gasteiger charge is 2.18. The fourth-order valence-electron chi connectivity index (χ4n) is 1.98. The summed E-state index contributed by atoms with van der Waals surface area (Å²) in [6, 6.07) is 12.2. The van der Waals surface area contributed by atoms with Crippen LogP contribution in [0.2, 0.25) is 0 Å². The second-order valence-corrected chi connectivity index (χ2v) is 4.67. The number of urea groups is 1. The third-order valence-electron chi connectivity index (χ3n) is 3.08. The van der Waals surface area contributed by atoms with Gasteiger partial charge < -0.3 is 10.4 Å². The van der Waals surface area contributed by atoms with Crippen LogP contribution in [0, 0.1) is 6.92 Å². The molecule has 0 bridgehead atoms. The summed E-state index contributed by atoms with van der Waals surface area (Å²) in [6.45, 7) is 0.722. The van der Waals surface area contributed by atoms with Gasteiger partial charge in [-0.15, -0.1) is 0 Å². The number of rotatable bonds is 4. The van der Waals surface area contributed by atoms with Crippen LogP contribution in [0.5, 0.6) is 0 Å². The number of para-hydroxylation sites is 1. The largest absolute Gasteiger partial charge is 0.478 e. The number of alkyl halides is 1. The van der Waals surface area contributed by atoms with E-state index in [9.17, 15) is 19.1 Å². The Morgan fingerprint density at radius 2 is 1.86 bits per heavy atom. The molecule has 0 fully saturated rings. The lowest BCUT2D eigenvalue weighted by Gasteiger charge is -2.20. The van der Waals surface area contributed by atoms with Gasteiger partial charge in [0.2, 0.25) is 0 Å². The smallest absolute Gasteiger partial charge is 0.337 e. The third kappa shape index (κ3) is 3.41. The van der Waals surface area contributed by atoms with E-state index < -0.39 is 18.8 Å². The Bertz CT molecular complexity index is 689. The molecule has 6 heteroatoms. The van der Waals surface area contributed by atoms with Crippen LogP contribution in [-0.2, 0) is 0 Å². The number of amides is 2. The van der Waals surface area contributed by atoms with Crippen LogP contribution >= 0.6 is 0 Å². The topological polar surface area (TPSA) is 69.6 Å². The average molecular weight is 302 g/mol. The molecule has 2 rings (SSSR count). The SMILES string of the molecule is Cc1ccc(NC(=O)N(CF)c2ccccc2)c(C(=O)O)c1. The van der Waals surface area contributed by atoms with Crippen molar-refractivity contribution in [2.45, 2.75) is 6.92 Å². The third-order valence-corrected chi connectivity index (χ3v) is 3.08. The highest BCUT2D eigenvalue weighted by atomic mass is 19.1. The minimum Gasteiger partial charge on any atom is -0.478 e. The molecule has 0 radical (unpaired) electrons. The number of carbonyl (C=O) groups excluding carboxylic acids is 1. The number of aromatic carboxylic acids is 1. The number of carboxylic acids is 1. The first-order chi connectivity index (χ1) is 10.5. The second-order valence-electron chi connectivity index (χ2n) is 4.67. The highest BCUT2D eigenvalue weighted by Crippen LogP contribution is 2.20. The number of hydrogen-bond acceptors (Lipinski definition) is 2.